The van der Waals surface area contributed by atoms with Crippen molar-refractivity contribution in [2.24, 2.45) is 11.8 Å². The Morgan fingerprint density at radius 1 is 1.14 bits per heavy atom. The molecule has 0 spiro atoms. The first-order chi connectivity index (χ1) is 13.7. The number of benzene rings is 1. The standard InChI is InChI=1S/C24H37N3O/c1-2-14-27(18-23(28)25-24(20-10-11-20)21-12-13-21)22-9-6-15-26(17-22)16-19-7-4-3-5-8-19/h3-5,7-8,20-22,24H,2,6,9-18H2,1H3,(H,25,28). The lowest BCUT2D eigenvalue weighted by Gasteiger charge is -2.39. The van der Waals surface area contributed by atoms with E-state index >= 15 is 0 Å². The van der Waals surface area contributed by atoms with Gasteiger partial charge in [0.2, 0.25) is 5.91 Å². The largest absolute Gasteiger partial charge is 0.352 e. The van der Waals surface area contributed by atoms with Crippen molar-refractivity contribution in [3.8, 4) is 0 Å². The number of hydrogen-bond donors (Lipinski definition) is 1. The molecular formula is C24H37N3O. The van der Waals surface area contributed by atoms with Gasteiger partial charge < -0.3 is 5.32 Å². The van der Waals surface area contributed by atoms with Crippen LogP contribution in [0.1, 0.15) is 57.4 Å². The molecule has 1 aliphatic heterocycles. The molecule has 1 unspecified atom stereocenters. The minimum Gasteiger partial charge on any atom is -0.352 e. The molecule has 1 atom stereocenters. The van der Waals surface area contributed by atoms with E-state index in [4.69, 9.17) is 0 Å². The molecule has 2 aliphatic carbocycles. The minimum absolute atomic E-state index is 0.262. The van der Waals surface area contributed by atoms with Crippen LogP contribution >= 0.6 is 0 Å². The molecule has 4 rings (SSSR count). The van der Waals surface area contributed by atoms with Crippen molar-refractivity contribution >= 4 is 5.91 Å². The van der Waals surface area contributed by atoms with Crippen LogP contribution < -0.4 is 5.32 Å². The molecule has 1 aromatic rings. The van der Waals surface area contributed by atoms with Crippen LogP contribution in [0.15, 0.2) is 30.3 Å². The number of carbonyl (C=O) groups is 1. The van der Waals surface area contributed by atoms with Crippen molar-refractivity contribution in [2.45, 2.75) is 70.5 Å². The van der Waals surface area contributed by atoms with Gasteiger partial charge in [-0.1, -0.05) is 37.3 Å². The Morgan fingerprint density at radius 3 is 2.50 bits per heavy atom. The zero-order valence-electron chi connectivity index (χ0n) is 17.5. The monoisotopic (exact) mass is 383 g/mol. The molecule has 1 amide bonds. The summed E-state index contributed by atoms with van der Waals surface area (Å²) in [6.07, 6.45) is 8.82. The SMILES string of the molecule is CCCN(CC(=O)NC(C1CC1)C1CC1)C1CCCN(Cc2ccccc2)C1. The summed E-state index contributed by atoms with van der Waals surface area (Å²) in [5, 5.41) is 3.43. The van der Waals surface area contributed by atoms with E-state index in [1.807, 2.05) is 0 Å². The number of hydrogen-bond acceptors (Lipinski definition) is 3. The van der Waals surface area contributed by atoms with Crippen molar-refractivity contribution in [3.05, 3.63) is 35.9 Å². The van der Waals surface area contributed by atoms with Gasteiger partial charge in [0.05, 0.1) is 6.54 Å². The number of rotatable bonds is 10. The van der Waals surface area contributed by atoms with E-state index in [2.05, 4.69) is 52.4 Å². The summed E-state index contributed by atoms with van der Waals surface area (Å²) >= 11 is 0. The first kappa shape index (κ1) is 19.9. The van der Waals surface area contributed by atoms with Crippen molar-refractivity contribution < 1.29 is 4.79 Å². The molecule has 0 bridgehead atoms. The highest BCUT2D eigenvalue weighted by Crippen LogP contribution is 2.44. The van der Waals surface area contributed by atoms with Crippen molar-refractivity contribution in [1.82, 2.24) is 15.1 Å². The van der Waals surface area contributed by atoms with Crippen LogP contribution in [-0.4, -0.2) is 54.0 Å². The molecule has 154 valence electrons. The molecule has 4 heteroatoms. The number of nitrogens with one attached hydrogen (secondary N) is 1. The molecule has 0 radical (unpaired) electrons. The Balaban J connectivity index is 1.31. The average molecular weight is 384 g/mol. The van der Waals surface area contributed by atoms with Crippen LogP contribution in [0.5, 0.6) is 0 Å². The Morgan fingerprint density at radius 2 is 1.86 bits per heavy atom. The van der Waals surface area contributed by atoms with E-state index in [0.717, 1.165) is 37.9 Å². The summed E-state index contributed by atoms with van der Waals surface area (Å²) < 4.78 is 0. The van der Waals surface area contributed by atoms with Crippen molar-refractivity contribution in [1.29, 1.82) is 0 Å². The molecule has 28 heavy (non-hydrogen) atoms. The third-order valence-corrected chi connectivity index (χ3v) is 6.69. The molecule has 1 heterocycles. The fourth-order valence-electron chi connectivity index (χ4n) is 4.94. The van der Waals surface area contributed by atoms with E-state index in [0.29, 0.717) is 18.6 Å². The number of carbonyl (C=O) groups excluding carboxylic acids is 1. The first-order valence-electron chi connectivity index (χ1n) is 11.5. The highest BCUT2D eigenvalue weighted by atomic mass is 16.2. The maximum Gasteiger partial charge on any atom is 0.234 e. The summed E-state index contributed by atoms with van der Waals surface area (Å²) in [7, 11) is 0. The molecule has 3 fully saturated rings. The van der Waals surface area contributed by atoms with Crippen LogP contribution in [0, 0.1) is 11.8 Å². The second kappa shape index (κ2) is 9.41. The Labute approximate surface area is 170 Å². The highest BCUT2D eigenvalue weighted by molar-refractivity contribution is 5.78. The second-order valence-corrected chi connectivity index (χ2v) is 9.26. The lowest BCUT2D eigenvalue weighted by atomic mass is 10.0. The predicted octanol–water partition coefficient (Wildman–Crippen LogP) is 3.67. The van der Waals surface area contributed by atoms with Crippen LogP contribution in [-0.2, 0) is 11.3 Å². The third-order valence-electron chi connectivity index (χ3n) is 6.69. The van der Waals surface area contributed by atoms with E-state index in [1.54, 1.807) is 0 Å². The quantitative estimate of drug-likeness (QED) is 0.670. The molecular weight excluding hydrogens is 346 g/mol. The molecule has 1 aromatic carbocycles. The van der Waals surface area contributed by atoms with Crippen LogP contribution in [0.3, 0.4) is 0 Å². The van der Waals surface area contributed by atoms with Crippen LogP contribution in [0.2, 0.25) is 0 Å². The van der Waals surface area contributed by atoms with Gasteiger partial charge in [0.1, 0.15) is 0 Å². The fraction of sp³-hybridized carbons (Fsp3) is 0.708. The summed E-state index contributed by atoms with van der Waals surface area (Å²) in [5.41, 5.74) is 1.39. The molecule has 4 nitrogen and oxygen atoms in total. The molecule has 1 N–H and O–H groups in total. The highest BCUT2D eigenvalue weighted by Gasteiger charge is 2.42. The molecule has 3 aliphatic rings. The van der Waals surface area contributed by atoms with Gasteiger partial charge in [-0.05, 0) is 75.4 Å². The van der Waals surface area contributed by atoms with E-state index < -0.39 is 0 Å². The van der Waals surface area contributed by atoms with Crippen molar-refractivity contribution in [2.75, 3.05) is 26.2 Å². The number of nitrogens with zero attached hydrogens (tertiary/aromatic N) is 2. The van der Waals surface area contributed by atoms with Crippen LogP contribution in [0.25, 0.3) is 0 Å². The van der Waals surface area contributed by atoms with Crippen molar-refractivity contribution in [3.63, 3.8) is 0 Å². The Kier molecular flexibility index (Phi) is 6.69. The van der Waals surface area contributed by atoms with Gasteiger partial charge >= 0.3 is 0 Å². The smallest absolute Gasteiger partial charge is 0.234 e. The Bertz CT molecular complexity index is 614. The normalized spacial score (nSPS) is 23.3. The predicted molar refractivity (Wildman–Crippen MR) is 114 cm³/mol. The van der Waals surface area contributed by atoms with Gasteiger partial charge in [-0.2, -0.15) is 0 Å². The van der Waals surface area contributed by atoms with E-state index in [-0.39, 0.29) is 5.91 Å². The van der Waals surface area contributed by atoms with Crippen LogP contribution in [0.4, 0.5) is 0 Å². The number of amides is 1. The maximum absolute atomic E-state index is 12.9. The van der Waals surface area contributed by atoms with Gasteiger partial charge in [-0.3, -0.25) is 14.6 Å². The van der Waals surface area contributed by atoms with E-state index in [9.17, 15) is 4.79 Å². The summed E-state index contributed by atoms with van der Waals surface area (Å²) in [4.78, 5) is 17.9. The Hall–Kier alpha value is -1.39. The zero-order chi connectivity index (χ0) is 19.3. The average Bonchev–Trinajstić information content (AvgIpc) is 3.61. The summed E-state index contributed by atoms with van der Waals surface area (Å²) in [6.45, 7) is 7.10. The first-order valence-corrected chi connectivity index (χ1v) is 11.5. The third kappa shape index (κ3) is 5.57. The van der Waals surface area contributed by atoms with E-state index in [1.165, 1.54) is 50.6 Å². The topological polar surface area (TPSA) is 35.6 Å². The summed E-state index contributed by atoms with van der Waals surface area (Å²) in [5.74, 6) is 1.80. The number of likely N-dealkylation sites (tertiary alicyclic amines) is 1. The van der Waals surface area contributed by atoms with Gasteiger partial charge in [-0.15, -0.1) is 0 Å². The van der Waals surface area contributed by atoms with Gasteiger partial charge in [0.25, 0.3) is 0 Å². The fourth-order valence-corrected chi connectivity index (χ4v) is 4.94. The van der Waals surface area contributed by atoms with Gasteiger partial charge in [0, 0.05) is 25.2 Å². The van der Waals surface area contributed by atoms with Gasteiger partial charge in [-0.25, -0.2) is 0 Å². The second-order valence-electron chi connectivity index (χ2n) is 9.26. The minimum atomic E-state index is 0.262. The molecule has 2 saturated carbocycles. The molecule has 0 aromatic heterocycles. The van der Waals surface area contributed by atoms with Gasteiger partial charge in [0.15, 0.2) is 0 Å². The lowest BCUT2D eigenvalue weighted by Crippen LogP contribution is -2.52. The maximum atomic E-state index is 12.9. The lowest BCUT2D eigenvalue weighted by molar-refractivity contribution is -0.124. The summed E-state index contributed by atoms with van der Waals surface area (Å²) in [6, 6.07) is 11.7. The zero-order valence-corrected chi connectivity index (χ0v) is 17.5. The molecule has 1 saturated heterocycles. The number of piperidine rings is 1.